The number of hydrogen-bond donors (Lipinski definition) is 2. The standard InChI is InChI=1S/C26H41N5OS/c1-8-12-13-26(32,11-4)16-27-14-21-28-19(7)24(33-21)23-18(6)29-25-22(30-23)17(5)15-31(25)20(9-2)10-3/h15,20,27,32H,8-14,16H2,1-7H3. The Bertz CT molecular complexity index is 1070. The van der Waals surface area contributed by atoms with Gasteiger partial charge in [-0.15, -0.1) is 11.3 Å². The van der Waals surface area contributed by atoms with Crippen LogP contribution in [0.5, 0.6) is 0 Å². The molecule has 0 radical (unpaired) electrons. The van der Waals surface area contributed by atoms with Crippen molar-refractivity contribution in [2.75, 3.05) is 6.54 Å². The number of aliphatic hydroxyl groups is 1. The normalized spacial score (nSPS) is 13.8. The quantitative estimate of drug-likeness (QED) is 0.326. The molecule has 0 aliphatic rings. The van der Waals surface area contributed by atoms with E-state index in [2.05, 4.69) is 50.7 Å². The van der Waals surface area contributed by atoms with Gasteiger partial charge in [-0.3, -0.25) is 0 Å². The van der Waals surface area contributed by atoms with E-state index >= 15 is 0 Å². The van der Waals surface area contributed by atoms with E-state index in [0.29, 0.717) is 19.1 Å². The molecule has 2 N–H and O–H groups in total. The third-order valence-corrected chi connectivity index (χ3v) is 7.94. The summed E-state index contributed by atoms with van der Waals surface area (Å²) in [4.78, 5) is 16.0. The Hall–Kier alpha value is -1.83. The van der Waals surface area contributed by atoms with Crippen LogP contribution in [0.4, 0.5) is 0 Å². The molecule has 0 aliphatic heterocycles. The van der Waals surface area contributed by atoms with Crippen LogP contribution < -0.4 is 5.32 Å². The van der Waals surface area contributed by atoms with Crippen LogP contribution in [0.2, 0.25) is 0 Å². The monoisotopic (exact) mass is 471 g/mol. The van der Waals surface area contributed by atoms with Gasteiger partial charge >= 0.3 is 0 Å². The number of nitrogens with zero attached hydrogens (tertiary/aromatic N) is 4. The van der Waals surface area contributed by atoms with Crippen molar-refractivity contribution < 1.29 is 5.11 Å². The molecule has 0 aromatic carbocycles. The summed E-state index contributed by atoms with van der Waals surface area (Å²) in [5.41, 5.74) is 5.36. The van der Waals surface area contributed by atoms with E-state index in [-0.39, 0.29) is 0 Å². The summed E-state index contributed by atoms with van der Waals surface area (Å²) in [5.74, 6) is 0. The minimum absolute atomic E-state index is 0.447. The molecule has 0 fully saturated rings. The second-order valence-corrected chi connectivity index (χ2v) is 10.4. The lowest BCUT2D eigenvalue weighted by Gasteiger charge is -2.27. The molecule has 0 saturated carbocycles. The summed E-state index contributed by atoms with van der Waals surface area (Å²) in [6, 6.07) is 0.447. The lowest BCUT2D eigenvalue weighted by atomic mass is 9.94. The first-order valence-corrected chi connectivity index (χ1v) is 13.3. The van der Waals surface area contributed by atoms with Gasteiger partial charge in [0.25, 0.3) is 0 Å². The molecule has 1 unspecified atom stereocenters. The Labute approximate surface area is 202 Å². The van der Waals surface area contributed by atoms with Gasteiger partial charge in [0.15, 0.2) is 5.65 Å². The van der Waals surface area contributed by atoms with Crippen molar-refractivity contribution in [3.8, 4) is 10.6 Å². The number of unbranched alkanes of at least 4 members (excludes halogenated alkanes) is 1. The van der Waals surface area contributed by atoms with Crippen molar-refractivity contribution in [1.82, 2.24) is 24.8 Å². The van der Waals surface area contributed by atoms with E-state index in [1.165, 1.54) is 5.56 Å². The summed E-state index contributed by atoms with van der Waals surface area (Å²) in [5, 5.41) is 15.3. The van der Waals surface area contributed by atoms with Crippen LogP contribution in [0, 0.1) is 20.8 Å². The SMILES string of the molecule is CCCCC(O)(CC)CNCc1nc(C)c(-c2nc3c(C)cn(C(CC)CC)c3nc2C)s1. The third kappa shape index (κ3) is 5.64. The van der Waals surface area contributed by atoms with Crippen molar-refractivity contribution in [2.45, 2.75) is 105 Å². The van der Waals surface area contributed by atoms with E-state index < -0.39 is 5.60 Å². The van der Waals surface area contributed by atoms with Crippen molar-refractivity contribution in [2.24, 2.45) is 0 Å². The maximum absolute atomic E-state index is 10.8. The summed E-state index contributed by atoms with van der Waals surface area (Å²) >= 11 is 1.67. The summed E-state index contributed by atoms with van der Waals surface area (Å²) in [6.45, 7) is 16.1. The zero-order valence-corrected chi connectivity index (χ0v) is 22.3. The molecule has 0 aliphatic carbocycles. The predicted octanol–water partition coefficient (Wildman–Crippen LogP) is 6.26. The topological polar surface area (TPSA) is 75.9 Å². The van der Waals surface area contributed by atoms with Gasteiger partial charge in [-0.25, -0.2) is 15.0 Å². The van der Waals surface area contributed by atoms with Crippen molar-refractivity contribution in [3.63, 3.8) is 0 Å². The minimum Gasteiger partial charge on any atom is -0.389 e. The molecular formula is C26H41N5OS. The Balaban J connectivity index is 1.83. The van der Waals surface area contributed by atoms with Gasteiger partial charge < -0.3 is 15.0 Å². The van der Waals surface area contributed by atoms with Gasteiger partial charge in [0.1, 0.15) is 16.2 Å². The van der Waals surface area contributed by atoms with Crippen LogP contribution >= 0.6 is 11.3 Å². The van der Waals surface area contributed by atoms with E-state index in [1.807, 2.05) is 13.8 Å². The molecule has 7 heteroatoms. The smallest absolute Gasteiger partial charge is 0.159 e. The average molecular weight is 472 g/mol. The van der Waals surface area contributed by atoms with Gasteiger partial charge in [0, 0.05) is 25.3 Å². The molecule has 0 saturated heterocycles. The van der Waals surface area contributed by atoms with Crippen molar-refractivity contribution in [1.29, 1.82) is 0 Å². The van der Waals surface area contributed by atoms with E-state index in [1.54, 1.807) is 11.3 Å². The fourth-order valence-corrected chi connectivity index (χ4v) is 5.58. The van der Waals surface area contributed by atoms with E-state index in [9.17, 15) is 5.11 Å². The van der Waals surface area contributed by atoms with Crippen molar-refractivity contribution >= 4 is 22.5 Å². The predicted molar refractivity (Wildman–Crippen MR) is 139 cm³/mol. The van der Waals surface area contributed by atoms with Crippen LogP contribution in [-0.2, 0) is 6.54 Å². The molecule has 3 aromatic heterocycles. The molecule has 182 valence electrons. The van der Waals surface area contributed by atoms with E-state index in [4.69, 9.17) is 15.0 Å². The Morgan fingerprint density at radius 1 is 1.06 bits per heavy atom. The maximum atomic E-state index is 10.8. The highest BCUT2D eigenvalue weighted by Crippen LogP contribution is 2.33. The fraction of sp³-hybridized carbons (Fsp3) is 0.654. The summed E-state index contributed by atoms with van der Waals surface area (Å²) < 4.78 is 2.30. The number of hydrogen-bond acceptors (Lipinski definition) is 6. The van der Waals surface area contributed by atoms with Gasteiger partial charge in [-0.05, 0) is 52.0 Å². The molecule has 6 nitrogen and oxygen atoms in total. The first kappa shape index (κ1) is 25.8. The van der Waals surface area contributed by atoms with Crippen LogP contribution in [0.3, 0.4) is 0 Å². The first-order valence-electron chi connectivity index (χ1n) is 12.5. The lowest BCUT2D eigenvalue weighted by Crippen LogP contribution is -2.39. The second-order valence-electron chi connectivity index (χ2n) is 9.33. The molecular weight excluding hydrogens is 430 g/mol. The van der Waals surface area contributed by atoms with Crippen LogP contribution in [0.25, 0.3) is 21.7 Å². The largest absolute Gasteiger partial charge is 0.389 e. The summed E-state index contributed by atoms with van der Waals surface area (Å²) in [7, 11) is 0. The Morgan fingerprint density at radius 3 is 2.42 bits per heavy atom. The number of rotatable bonds is 12. The highest BCUT2D eigenvalue weighted by Gasteiger charge is 2.24. The highest BCUT2D eigenvalue weighted by atomic mass is 32.1. The van der Waals surface area contributed by atoms with Crippen LogP contribution in [0.1, 0.15) is 94.2 Å². The van der Waals surface area contributed by atoms with Gasteiger partial charge in [-0.1, -0.05) is 40.5 Å². The van der Waals surface area contributed by atoms with E-state index in [0.717, 1.165) is 76.7 Å². The van der Waals surface area contributed by atoms with Crippen molar-refractivity contribution in [3.05, 3.63) is 28.2 Å². The number of fused-ring (bicyclic) bond motifs is 1. The molecule has 1 atom stereocenters. The highest BCUT2D eigenvalue weighted by molar-refractivity contribution is 7.15. The second kappa shape index (κ2) is 11.1. The average Bonchev–Trinajstić information content (AvgIpc) is 3.32. The van der Waals surface area contributed by atoms with Crippen LogP contribution in [-0.4, -0.2) is 36.8 Å². The molecule has 3 heterocycles. The number of aromatic nitrogens is 4. The van der Waals surface area contributed by atoms with Gasteiger partial charge in [0.2, 0.25) is 0 Å². The number of nitrogens with one attached hydrogen (secondary N) is 1. The van der Waals surface area contributed by atoms with Crippen LogP contribution in [0.15, 0.2) is 6.20 Å². The lowest BCUT2D eigenvalue weighted by molar-refractivity contribution is 0.0254. The molecule has 0 amide bonds. The van der Waals surface area contributed by atoms with Gasteiger partial charge in [0.05, 0.1) is 21.9 Å². The molecule has 33 heavy (non-hydrogen) atoms. The first-order chi connectivity index (χ1) is 15.8. The molecule has 3 rings (SSSR count). The fourth-order valence-electron chi connectivity index (χ4n) is 4.50. The summed E-state index contributed by atoms with van der Waals surface area (Å²) in [6.07, 6.45) is 8.10. The Kier molecular flexibility index (Phi) is 8.65. The number of thiazole rings is 1. The molecule has 0 spiro atoms. The maximum Gasteiger partial charge on any atom is 0.159 e. The third-order valence-electron chi connectivity index (χ3n) is 6.78. The molecule has 3 aromatic rings. The Morgan fingerprint density at radius 2 is 1.79 bits per heavy atom. The van der Waals surface area contributed by atoms with Gasteiger partial charge in [-0.2, -0.15) is 0 Å². The molecule has 0 bridgehead atoms. The zero-order valence-electron chi connectivity index (χ0n) is 21.5. The number of aryl methyl sites for hydroxylation is 3. The minimum atomic E-state index is -0.641. The zero-order chi connectivity index (χ0) is 24.2.